The lowest BCUT2D eigenvalue weighted by Crippen LogP contribution is -2.45. The van der Waals surface area contributed by atoms with E-state index in [1.165, 1.54) is 0 Å². The van der Waals surface area contributed by atoms with Crippen molar-refractivity contribution in [3.8, 4) is 0 Å². The van der Waals surface area contributed by atoms with Crippen LogP contribution in [0.15, 0.2) is 12.1 Å². The van der Waals surface area contributed by atoms with E-state index in [0.29, 0.717) is 25.6 Å². The molecule has 0 unspecified atom stereocenters. The maximum Gasteiger partial charge on any atom is 0.416 e. The Hall–Kier alpha value is -0.850. The molecule has 1 saturated heterocycles. The van der Waals surface area contributed by atoms with Crippen molar-refractivity contribution in [3.63, 3.8) is 0 Å². The van der Waals surface area contributed by atoms with Gasteiger partial charge < -0.3 is 5.32 Å². The molecule has 2 rings (SSSR count). The SMILES string of the molecule is CC[C@@H](c1cc(C(F)(F)F)cc(Cl)c1F)N1CCNCC1. The van der Waals surface area contributed by atoms with Gasteiger partial charge in [-0.3, -0.25) is 4.90 Å². The standard InChI is InChI=1S/C14H17ClF4N2/c1-2-12(21-5-3-20-4-6-21)10-7-9(14(17,18)19)8-11(15)13(10)16/h7-8,12,20H,2-6H2,1H3/t12-/m0/s1. The molecule has 1 N–H and O–H groups in total. The Morgan fingerprint density at radius 2 is 1.90 bits per heavy atom. The van der Waals surface area contributed by atoms with Gasteiger partial charge in [0, 0.05) is 37.8 Å². The van der Waals surface area contributed by atoms with E-state index in [-0.39, 0.29) is 5.56 Å². The highest BCUT2D eigenvalue weighted by Gasteiger charge is 2.34. The van der Waals surface area contributed by atoms with Gasteiger partial charge in [-0.05, 0) is 18.6 Å². The number of nitrogens with zero attached hydrogens (tertiary/aromatic N) is 1. The smallest absolute Gasteiger partial charge is 0.314 e. The van der Waals surface area contributed by atoms with Crippen LogP contribution in [0.4, 0.5) is 17.6 Å². The zero-order valence-electron chi connectivity index (χ0n) is 11.6. The predicted octanol–water partition coefficient (Wildman–Crippen LogP) is 3.85. The van der Waals surface area contributed by atoms with Gasteiger partial charge in [-0.25, -0.2) is 4.39 Å². The zero-order valence-corrected chi connectivity index (χ0v) is 12.4. The number of piperazine rings is 1. The van der Waals surface area contributed by atoms with Crippen LogP contribution in [0.3, 0.4) is 0 Å². The molecule has 7 heteroatoms. The second kappa shape index (κ2) is 6.50. The van der Waals surface area contributed by atoms with E-state index in [4.69, 9.17) is 11.6 Å². The summed E-state index contributed by atoms with van der Waals surface area (Å²) in [5.41, 5.74) is -0.878. The number of halogens is 5. The fourth-order valence-corrected chi connectivity index (χ4v) is 2.91. The van der Waals surface area contributed by atoms with Crippen molar-refractivity contribution < 1.29 is 17.6 Å². The van der Waals surface area contributed by atoms with Gasteiger partial charge in [0.15, 0.2) is 0 Å². The Bertz CT molecular complexity index is 498. The Morgan fingerprint density at radius 3 is 2.43 bits per heavy atom. The average molecular weight is 325 g/mol. The maximum absolute atomic E-state index is 14.2. The van der Waals surface area contributed by atoms with Crippen LogP contribution in [0.2, 0.25) is 5.02 Å². The molecule has 1 aliphatic rings. The van der Waals surface area contributed by atoms with E-state index in [0.717, 1.165) is 19.2 Å². The van der Waals surface area contributed by atoms with Crippen molar-refractivity contribution in [1.29, 1.82) is 0 Å². The Labute approximate surface area is 126 Å². The Kier molecular flexibility index (Phi) is 5.11. The molecule has 118 valence electrons. The van der Waals surface area contributed by atoms with Gasteiger partial charge >= 0.3 is 6.18 Å². The van der Waals surface area contributed by atoms with Crippen molar-refractivity contribution >= 4 is 11.6 Å². The minimum atomic E-state index is -4.53. The van der Waals surface area contributed by atoms with E-state index < -0.39 is 28.6 Å². The van der Waals surface area contributed by atoms with Gasteiger partial charge in [-0.1, -0.05) is 18.5 Å². The first kappa shape index (κ1) is 16.5. The minimum Gasteiger partial charge on any atom is -0.314 e. The Balaban J connectivity index is 2.42. The number of hydrogen-bond donors (Lipinski definition) is 1. The van der Waals surface area contributed by atoms with Crippen LogP contribution in [0.25, 0.3) is 0 Å². The zero-order chi connectivity index (χ0) is 15.6. The van der Waals surface area contributed by atoms with Gasteiger partial charge in [0.2, 0.25) is 0 Å². The topological polar surface area (TPSA) is 15.3 Å². The Morgan fingerprint density at radius 1 is 1.29 bits per heavy atom. The number of rotatable bonds is 3. The highest BCUT2D eigenvalue weighted by Crippen LogP contribution is 2.37. The molecule has 1 aromatic carbocycles. The third-order valence-electron chi connectivity index (χ3n) is 3.72. The van der Waals surface area contributed by atoms with Crippen LogP contribution in [-0.4, -0.2) is 31.1 Å². The summed E-state index contributed by atoms with van der Waals surface area (Å²) >= 11 is 5.66. The van der Waals surface area contributed by atoms with Gasteiger partial charge in [-0.2, -0.15) is 13.2 Å². The lowest BCUT2D eigenvalue weighted by Gasteiger charge is -2.35. The van der Waals surface area contributed by atoms with Crippen molar-refractivity contribution in [3.05, 3.63) is 34.1 Å². The number of hydrogen-bond acceptors (Lipinski definition) is 2. The monoisotopic (exact) mass is 324 g/mol. The molecule has 1 fully saturated rings. The van der Waals surface area contributed by atoms with E-state index in [1.54, 1.807) is 0 Å². The first-order valence-corrected chi connectivity index (χ1v) is 7.23. The maximum atomic E-state index is 14.2. The van der Waals surface area contributed by atoms with Crippen molar-refractivity contribution in [2.45, 2.75) is 25.6 Å². The molecule has 0 aromatic heterocycles. The van der Waals surface area contributed by atoms with E-state index in [2.05, 4.69) is 5.32 Å². The first-order valence-electron chi connectivity index (χ1n) is 6.85. The summed E-state index contributed by atoms with van der Waals surface area (Å²) in [5, 5.41) is 2.69. The van der Waals surface area contributed by atoms with Crippen molar-refractivity contribution in [1.82, 2.24) is 10.2 Å². The third kappa shape index (κ3) is 3.67. The summed E-state index contributed by atoms with van der Waals surface area (Å²) < 4.78 is 52.9. The van der Waals surface area contributed by atoms with E-state index in [1.807, 2.05) is 11.8 Å². The second-order valence-electron chi connectivity index (χ2n) is 5.07. The van der Waals surface area contributed by atoms with Gasteiger partial charge in [0.1, 0.15) is 5.82 Å². The van der Waals surface area contributed by atoms with Crippen LogP contribution in [0.5, 0.6) is 0 Å². The molecule has 0 saturated carbocycles. The summed E-state index contributed by atoms with van der Waals surface area (Å²) in [6.45, 7) is 4.66. The molecule has 0 aliphatic carbocycles. The number of alkyl halides is 3. The summed E-state index contributed by atoms with van der Waals surface area (Å²) in [5.74, 6) is -0.755. The molecular formula is C14H17ClF4N2. The average Bonchev–Trinajstić information content (AvgIpc) is 2.44. The second-order valence-corrected chi connectivity index (χ2v) is 5.48. The molecule has 0 bridgehead atoms. The summed E-state index contributed by atoms with van der Waals surface area (Å²) in [4.78, 5) is 1.99. The minimum absolute atomic E-state index is 0.0271. The molecule has 2 nitrogen and oxygen atoms in total. The predicted molar refractivity (Wildman–Crippen MR) is 73.9 cm³/mol. The molecule has 0 spiro atoms. The van der Waals surface area contributed by atoms with Crippen LogP contribution in [-0.2, 0) is 6.18 Å². The fraction of sp³-hybridized carbons (Fsp3) is 0.571. The molecule has 0 amide bonds. The molecule has 1 aliphatic heterocycles. The quantitative estimate of drug-likeness (QED) is 0.850. The van der Waals surface area contributed by atoms with Crippen molar-refractivity contribution in [2.24, 2.45) is 0 Å². The highest BCUT2D eigenvalue weighted by atomic mass is 35.5. The lowest BCUT2D eigenvalue weighted by atomic mass is 9.98. The van der Waals surface area contributed by atoms with Crippen LogP contribution in [0, 0.1) is 5.82 Å². The fourth-order valence-electron chi connectivity index (χ4n) is 2.69. The number of nitrogens with one attached hydrogen (secondary N) is 1. The molecule has 0 radical (unpaired) electrons. The lowest BCUT2D eigenvalue weighted by molar-refractivity contribution is -0.137. The summed E-state index contributed by atoms with van der Waals surface area (Å²) in [6.07, 6.45) is -4.01. The van der Waals surface area contributed by atoms with Gasteiger partial charge in [-0.15, -0.1) is 0 Å². The van der Waals surface area contributed by atoms with Crippen LogP contribution in [0.1, 0.15) is 30.5 Å². The van der Waals surface area contributed by atoms with Gasteiger partial charge in [0.05, 0.1) is 10.6 Å². The third-order valence-corrected chi connectivity index (χ3v) is 4.00. The summed E-state index contributed by atoms with van der Waals surface area (Å²) in [6, 6.07) is 1.13. The molecular weight excluding hydrogens is 308 g/mol. The molecule has 1 heterocycles. The molecule has 1 aromatic rings. The number of benzene rings is 1. The van der Waals surface area contributed by atoms with Crippen LogP contribution >= 0.6 is 11.6 Å². The molecule has 21 heavy (non-hydrogen) atoms. The van der Waals surface area contributed by atoms with Crippen molar-refractivity contribution in [2.75, 3.05) is 26.2 Å². The summed E-state index contributed by atoms with van der Waals surface area (Å²) in [7, 11) is 0. The van der Waals surface area contributed by atoms with Crippen LogP contribution < -0.4 is 5.32 Å². The highest BCUT2D eigenvalue weighted by molar-refractivity contribution is 6.30. The van der Waals surface area contributed by atoms with E-state index in [9.17, 15) is 17.6 Å². The first-order chi connectivity index (χ1) is 9.84. The van der Waals surface area contributed by atoms with Gasteiger partial charge in [0.25, 0.3) is 0 Å². The van der Waals surface area contributed by atoms with E-state index >= 15 is 0 Å². The normalized spacial score (nSPS) is 18.8. The molecule has 1 atom stereocenters. The largest absolute Gasteiger partial charge is 0.416 e.